The van der Waals surface area contributed by atoms with E-state index in [1.807, 2.05) is 6.08 Å². The smallest absolute Gasteiger partial charge is 0.0503 e. The highest BCUT2D eigenvalue weighted by Gasteiger charge is 2.21. The van der Waals surface area contributed by atoms with Crippen LogP contribution in [0.5, 0.6) is 0 Å². The van der Waals surface area contributed by atoms with Crippen LogP contribution in [0.4, 0.5) is 0 Å². The summed E-state index contributed by atoms with van der Waals surface area (Å²) in [5, 5.41) is 3.32. The minimum absolute atomic E-state index is 0.749. The molecule has 1 aliphatic heterocycles. The first-order valence-corrected chi connectivity index (χ1v) is 5.39. The van der Waals surface area contributed by atoms with Gasteiger partial charge in [-0.25, -0.2) is 0 Å². The van der Waals surface area contributed by atoms with Crippen LogP contribution in [0.2, 0.25) is 0 Å². The summed E-state index contributed by atoms with van der Waals surface area (Å²) in [7, 11) is 1.79. The summed E-state index contributed by atoms with van der Waals surface area (Å²) >= 11 is 0. The molecule has 3 nitrogen and oxygen atoms in total. The summed E-state index contributed by atoms with van der Waals surface area (Å²) < 4.78 is 5.16. The van der Waals surface area contributed by atoms with Crippen LogP contribution in [0.1, 0.15) is 6.42 Å². The number of hydrogen-bond acceptors (Lipinski definition) is 3. The maximum atomic E-state index is 5.16. The van der Waals surface area contributed by atoms with E-state index in [2.05, 4.69) is 16.8 Å². The molecule has 0 amide bonds. The van der Waals surface area contributed by atoms with E-state index in [1.54, 1.807) is 7.11 Å². The maximum absolute atomic E-state index is 5.16. The van der Waals surface area contributed by atoms with Gasteiger partial charge >= 0.3 is 0 Å². The normalized spacial score (nSPS) is 22.8. The van der Waals surface area contributed by atoms with Crippen molar-refractivity contribution in [2.24, 2.45) is 5.92 Å². The third-order valence-electron chi connectivity index (χ3n) is 2.67. The van der Waals surface area contributed by atoms with Gasteiger partial charge in [0.25, 0.3) is 0 Å². The fourth-order valence-corrected chi connectivity index (χ4v) is 1.93. The Hall–Kier alpha value is -0.380. The molecule has 1 atom stereocenters. The minimum Gasteiger partial charge on any atom is -0.384 e. The quantitative estimate of drug-likeness (QED) is 0.482. The predicted octanol–water partition coefficient (Wildman–Crippen LogP) is 0.730. The van der Waals surface area contributed by atoms with Crippen LogP contribution in [0.25, 0.3) is 0 Å². The Bertz CT molecular complexity index is 161. The van der Waals surface area contributed by atoms with E-state index in [1.165, 1.54) is 19.5 Å². The molecule has 0 bridgehead atoms. The number of rotatable bonds is 7. The van der Waals surface area contributed by atoms with Crippen molar-refractivity contribution in [1.29, 1.82) is 0 Å². The second-order valence-electron chi connectivity index (χ2n) is 3.90. The molecule has 1 aliphatic rings. The topological polar surface area (TPSA) is 24.5 Å². The Balaban J connectivity index is 2.01. The van der Waals surface area contributed by atoms with Gasteiger partial charge in [0.1, 0.15) is 0 Å². The van der Waals surface area contributed by atoms with Crippen LogP contribution in [0, 0.1) is 5.92 Å². The monoisotopic (exact) mass is 198 g/mol. The highest BCUT2D eigenvalue weighted by Crippen LogP contribution is 2.15. The van der Waals surface area contributed by atoms with Crippen molar-refractivity contribution in [2.45, 2.75) is 6.42 Å². The number of hydrogen-bond donors (Lipinski definition) is 1. The van der Waals surface area contributed by atoms with Crippen molar-refractivity contribution >= 4 is 0 Å². The lowest BCUT2D eigenvalue weighted by molar-refractivity contribution is 0.153. The highest BCUT2D eigenvalue weighted by atomic mass is 16.5. The molecule has 0 aromatic heterocycles. The zero-order valence-electron chi connectivity index (χ0n) is 9.17. The molecule has 1 unspecified atom stereocenters. The van der Waals surface area contributed by atoms with E-state index >= 15 is 0 Å². The number of ether oxygens (including phenoxy) is 1. The second-order valence-corrected chi connectivity index (χ2v) is 3.90. The predicted molar refractivity (Wildman–Crippen MR) is 59.5 cm³/mol. The average molecular weight is 198 g/mol. The molecule has 0 spiro atoms. The number of methoxy groups -OCH3 is 1. The summed E-state index contributed by atoms with van der Waals surface area (Å²) in [6.07, 6.45) is 3.19. The summed E-state index contributed by atoms with van der Waals surface area (Å²) in [6.45, 7) is 10.1. The van der Waals surface area contributed by atoms with Crippen molar-refractivity contribution in [1.82, 2.24) is 10.2 Å². The van der Waals surface area contributed by atoms with Crippen molar-refractivity contribution in [3.63, 3.8) is 0 Å². The van der Waals surface area contributed by atoms with E-state index < -0.39 is 0 Å². The van der Waals surface area contributed by atoms with Gasteiger partial charge < -0.3 is 15.0 Å². The molecule has 0 aromatic carbocycles. The van der Waals surface area contributed by atoms with Crippen LogP contribution in [0.3, 0.4) is 0 Å². The van der Waals surface area contributed by atoms with E-state index in [0.717, 1.165) is 32.2 Å². The number of likely N-dealkylation sites (tertiary alicyclic amines) is 1. The lowest BCUT2D eigenvalue weighted by Crippen LogP contribution is -2.31. The van der Waals surface area contributed by atoms with Crippen molar-refractivity contribution < 1.29 is 4.74 Å². The Morgan fingerprint density at radius 1 is 1.64 bits per heavy atom. The highest BCUT2D eigenvalue weighted by molar-refractivity contribution is 4.76. The van der Waals surface area contributed by atoms with Crippen LogP contribution in [-0.2, 0) is 4.74 Å². The molecule has 0 aliphatic carbocycles. The maximum Gasteiger partial charge on any atom is 0.0503 e. The molecule has 3 heteroatoms. The summed E-state index contributed by atoms with van der Waals surface area (Å²) in [4.78, 5) is 2.50. The minimum atomic E-state index is 0.749. The zero-order valence-corrected chi connectivity index (χ0v) is 9.17. The first-order valence-electron chi connectivity index (χ1n) is 5.39. The van der Waals surface area contributed by atoms with Crippen LogP contribution >= 0.6 is 0 Å². The largest absolute Gasteiger partial charge is 0.384 e. The fraction of sp³-hybridized carbons (Fsp3) is 0.818. The molecule has 82 valence electrons. The van der Waals surface area contributed by atoms with Gasteiger partial charge in [-0.15, -0.1) is 6.58 Å². The molecular weight excluding hydrogens is 176 g/mol. The van der Waals surface area contributed by atoms with Gasteiger partial charge in [0.15, 0.2) is 0 Å². The summed E-state index contributed by atoms with van der Waals surface area (Å²) in [5.74, 6) is 0.749. The van der Waals surface area contributed by atoms with E-state index in [-0.39, 0.29) is 0 Å². The molecule has 1 N–H and O–H groups in total. The number of nitrogens with zero attached hydrogens (tertiary/aromatic N) is 1. The average Bonchev–Trinajstić information content (AvgIpc) is 2.61. The lowest BCUT2D eigenvalue weighted by Gasteiger charge is -2.15. The van der Waals surface area contributed by atoms with Gasteiger partial charge in [0, 0.05) is 33.3 Å². The van der Waals surface area contributed by atoms with Gasteiger partial charge in [-0.2, -0.15) is 0 Å². The summed E-state index contributed by atoms with van der Waals surface area (Å²) in [5.41, 5.74) is 0. The molecular formula is C11H22N2O. The summed E-state index contributed by atoms with van der Waals surface area (Å²) in [6, 6.07) is 0. The third kappa shape index (κ3) is 4.22. The Kier molecular flexibility index (Phi) is 5.83. The SMILES string of the molecule is C=CCNCCN1CCC(COC)C1. The Morgan fingerprint density at radius 2 is 2.50 bits per heavy atom. The van der Waals surface area contributed by atoms with Crippen molar-refractivity contribution in [3.05, 3.63) is 12.7 Å². The Labute approximate surface area is 87.1 Å². The standard InChI is InChI=1S/C11H22N2O/c1-3-5-12-6-8-13-7-4-11(9-13)10-14-2/h3,11-12H,1,4-10H2,2H3. The van der Waals surface area contributed by atoms with Gasteiger partial charge in [0.05, 0.1) is 6.61 Å². The lowest BCUT2D eigenvalue weighted by atomic mass is 10.1. The van der Waals surface area contributed by atoms with Gasteiger partial charge in [0.2, 0.25) is 0 Å². The van der Waals surface area contributed by atoms with Gasteiger partial charge in [-0.3, -0.25) is 0 Å². The first-order chi connectivity index (χ1) is 6.86. The molecule has 0 aromatic rings. The molecule has 1 fully saturated rings. The van der Waals surface area contributed by atoms with Crippen LogP contribution in [-0.4, -0.2) is 51.3 Å². The van der Waals surface area contributed by atoms with Crippen molar-refractivity contribution in [2.75, 3.05) is 46.4 Å². The van der Waals surface area contributed by atoms with Gasteiger partial charge in [-0.05, 0) is 18.9 Å². The first kappa shape index (κ1) is 11.7. The third-order valence-corrected chi connectivity index (χ3v) is 2.67. The van der Waals surface area contributed by atoms with Crippen LogP contribution in [0.15, 0.2) is 12.7 Å². The molecule has 14 heavy (non-hydrogen) atoms. The molecule has 0 radical (unpaired) electrons. The second kappa shape index (κ2) is 6.98. The fourth-order valence-electron chi connectivity index (χ4n) is 1.93. The van der Waals surface area contributed by atoms with Gasteiger partial charge in [-0.1, -0.05) is 6.08 Å². The molecule has 1 saturated heterocycles. The molecule has 1 rings (SSSR count). The van der Waals surface area contributed by atoms with Crippen LogP contribution < -0.4 is 5.32 Å². The van der Waals surface area contributed by atoms with E-state index in [9.17, 15) is 0 Å². The Morgan fingerprint density at radius 3 is 3.21 bits per heavy atom. The number of nitrogens with one attached hydrogen (secondary N) is 1. The zero-order chi connectivity index (χ0) is 10.2. The van der Waals surface area contributed by atoms with Crippen molar-refractivity contribution in [3.8, 4) is 0 Å². The van der Waals surface area contributed by atoms with E-state index in [4.69, 9.17) is 4.74 Å². The molecule has 0 saturated carbocycles. The molecule has 1 heterocycles. The van der Waals surface area contributed by atoms with E-state index in [0.29, 0.717) is 0 Å².